The largest absolute Gasteiger partial charge is 0.325 e. The van der Waals surface area contributed by atoms with Crippen molar-refractivity contribution in [1.29, 1.82) is 0 Å². The number of hydrogen-bond donors (Lipinski definition) is 2. The summed E-state index contributed by atoms with van der Waals surface area (Å²) >= 11 is 8.46. The van der Waals surface area contributed by atoms with Gasteiger partial charge in [-0.1, -0.05) is 23.4 Å². The van der Waals surface area contributed by atoms with E-state index in [9.17, 15) is 13.2 Å². The monoisotopic (exact) mass is 583 g/mol. The molecule has 5 rings (SSSR count). The predicted molar refractivity (Wildman–Crippen MR) is 148 cm³/mol. The second kappa shape index (κ2) is 11.3. The van der Waals surface area contributed by atoms with Gasteiger partial charge in [0.2, 0.25) is 5.91 Å². The van der Waals surface area contributed by atoms with Crippen molar-refractivity contribution in [3.05, 3.63) is 89.7 Å². The van der Waals surface area contributed by atoms with Crippen LogP contribution in [0.4, 0.5) is 10.8 Å². The number of nitrogens with one attached hydrogen (secondary N) is 2. The van der Waals surface area contributed by atoms with E-state index >= 15 is 0 Å². The fourth-order valence-corrected chi connectivity index (χ4v) is 6.03. The van der Waals surface area contributed by atoms with Crippen molar-refractivity contribution in [1.82, 2.24) is 24.7 Å². The SMILES string of the molecule is O=C(CSc1nnc(-c2cccnc2)n1-c1ccc(Cl)cc1)Nc1ccc(S(=O)(=O)Nc2nccs2)cc1. The average molecular weight is 584 g/mol. The van der Waals surface area contributed by atoms with Gasteiger partial charge in [0, 0.05) is 45.9 Å². The number of amides is 1. The summed E-state index contributed by atoms with van der Waals surface area (Å²) < 4.78 is 29.3. The van der Waals surface area contributed by atoms with E-state index in [0.717, 1.165) is 11.3 Å². The second-order valence-electron chi connectivity index (χ2n) is 7.66. The third-order valence-electron chi connectivity index (χ3n) is 5.07. The van der Waals surface area contributed by atoms with Crippen LogP contribution in [0.5, 0.6) is 0 Å². The van der Waals surface area contributed by atoms with Crippen LogP contribution in [-0.2, 0) is 14.8 Å². The van der Waals surface area contributed by atoms with E-state index < -0.39 is 10.0 Å². The van der Waals surface area contributed by atoms with Crippen LogP contribution >= 0.6 is 34.7 Å². The normalized spacial score (nSPS) is 11.3. The smallest absolute Gasteiger partial charge is 0.263 e. The number of thioether (sulfide) groups is 1. The minimum Gasteiger partial charge on any atom is -0.325 e. The van der Waals surface area contributed by atoms with Crippen LogP contribution in [0.2, 0.25) is 5.02 Å². The number of sulfonamides is 1. The molecular weight excluding hydrogens is 566 g/mol. The summed E-state index contributed by atoms with van der Waals surface area (Å²) in [6.07, 6.45) is 4.87. The number of carbonyl (C=O) groups excluding carboxylic acids is 1. The highest BCUT2D eigenvalue weighted by Crippen LogP contribution is 2.28. The second-order valence-corrected chi connectivity index (χ2v) is 11.6. The summed E-state index contributed by atoms with van der Waals surface area (Å²) in [5.74, 6) is 0.330. The number of pyridine rings is 1. The summed E-state index contributed by atoms with van der Waals surface area (Å²) in [5, 5.41) is 14.4. The molecule has 0 aliphatic carbocycles. The minimum absolute atomic E-state index is 0.0460. The zero-order valence-corrected chi connectivity index (χ0v) is 22.6. The first-order valence-corrected chi connectivity index (χ1v) is 14.7. The fourth-order valence-electron chi connectivity index (χ4n) is 3.36. The Morgan fingerprint density at radius 2 is 1.82 bits per heavy atom. The average Bonchev–Trinajstić information content (AvgIpc) is 3.58. The van der Waals surface area contributed by atoms with Gasteiger partial charge >= 0.3 is 0 Å². The molecule has 10 nitrogen and oxygen atoms in total. The molecule has 3 heterocycles. The van der Waals surface area contributed by atoms with Crippen LogP contribution in [0.25, 0.3) is 17.1 Å². The number of nitrogens with zero attached hydrogens (tertiary/aromatic N) is 5. The Balaban J connectivity index is 1.28. The van der Waals surface area contributed by atoms with Gasteiger partial charge < -0.3 is 5.32 Å². The molecule has 38 heavy (non-hydrogen) atoms. The topological polar surface area (TPSA) is 132 Å². The number of hydrogen-bond acceptors (Lipinski definition) is 9. The molecular formula is C24H18ClN7O3S3. The highest BCUT2D eigenvalue weighted by molar-refractivity contribution is 7.99. The Labute approximate surface area is 231 Å². The molecule has 3 aromatic heterocycles. The fraction of sp³-hybridized carbons (Fsp3) is 0.0417. The maximum Gasteiger partial charge on any atom is 0.263 e. The molecule has 0 aliphatic heterocycles. The van der Waals surface area contributed by atoms with Crippen LogP contribution in [0, 0.1) is 0 Å². The summed E-state index contributed by atoms with van der Waals surface area (Å²) in [6, 6.07) is 16.8. The Bertz CT molecular complexity index is 1640. The summed E-state index contributed by atoms with van der Waals surface area (Å²) in [7, 11) is -3.78. The van der Waals surface area contributed by atoms with Crippen LogP contribution in [0.3, 0.4) is 0 Å². The van der Waals surface area contributed by atoms with Gasteiger partial charge in [0.1, 0.15) is 0 Å². The van der Waals surface area contributed by atoms with Gasteiger partial charge in [0.25, 0.3) is 10.0 Å². The number of halogens is 1. The van der Waals surface area contributed by atoms with Gasteiger partial charge in [-0.2, -0.15) is 0 Å². The van der Waals surface area contributed by atoms with E-state index in [1.165, 1.54) is 53.6 Å². The van der Waals surface area contributed by atoms with Gasteiger partial charge in [0.15, 0.2) is 16.1 Å². The standard InChI is InChI=1S/C24H18ClN7O3S3/c25-17-3-7-19(8-4-17)32-22(16-2-1-11-26-14-16)29-30-24(32)37-15-21(33)28-18-5-9-20(10-6-18)38(34,35)31-23-27-12-13-36-23/h1-14H,15H2,(H,27,31)(H,28,33). The predicted octanol–water partition coefficient (Wildman–Crippen LogP) is 4.97. The summed E-state index contributed by atoms with van der Waals surface area (Å²) in [6.45, 7) is 0. The lowest BCUT2D eigenvalue weighted by molar-refractivity contribution is -0.113. The first-order chi connectivity index (χ1) is 18.4. The van der Waals surface area contributed by atoms with E-state index in [1.54, 1.807) is 29.9 Å². The molecule has 0 bridgehead atoms. The van der Waals surface area contributed by atoms with Crippen molar-refractivity contribution >= 4 is 61.4 Å². The maximum absolute atomic E-state index is 12.7. The van der Waals surface area contributed by atoms with Crippen LogP contribution < -0.4 is 10.0 Å². The molecule has 192 valence electrons. The molecule has 0 spiro atoms. The van der Waals surface area contributed by atoms with Crippen molar-refractivity contribution in [2.24, 2.45) is 0 Å². The van der Waals surface area contributed by atoms with E-state index in [-0.39, 0.29) is 21.7 Å². The number of rotatable bonds is 9. The van der Waals surface area contributed by atoms with Gasteiger partial charge in [0.05, 0.1) is 10.6 Å². The quantitative estimate of drug-likeness (QED) is 0.232. The molecule has 0 radical (unpaired) electrons. The molecule has 0 saturated carbocycles. The lowest BCUT2D eigenvalue weighted by Gasteiger charge is -2.11. The molecule has 14 heteroatoms. The molecule has 0 saturated heterocycles. The third-order valence-corrected chi connectivity index (χ3v) is 8.43. The molecule has 5 aromatic rings. The third kappa shape index (κ3) is 6.02. The summed E-state index contributed by atoms with van der Waals surface area (Å²) in [5.41, 5.74) is 2.01. The zero-order valence-electron chi connectivity index (χ0n) is 19.4. The van der Waals surface area contributed by atoms with E-state index in [1.807, 2.05) is 28.8 Å². The van der Waals surface area contributed by atoms with Crippen molar-refractivity contribution in [2.75, 3.05) is 15.8 Å². The van der Waals surface area contributed by atoms with Crippen molar-refractivity contribution in [3.63, 3.8) is 0 Å². The molecule has 2 aromatic carbocycles. The Hall–Kier alpha value is -3.78. The Morgan fingerprint density at radius 3 is 2.50 bits per heavy atom. The molecule has 0 unspecified atom stereocenters. The molecule has 0 aliphatic rings. The molecule has 1 amide bonds. The van der Waals surface area contributed by atoms with Crippen molar-refractivity contribution < 1.29 is 13.2 Å². The van der Waals surface area contributed by atoms with Crippen molar-refractivity contribution in [3.8, 4) is 17.1 Å². The van der Waals surface area contributed by atoms with Gasteiger partial charge in [-0.25, -0.2) is 13.4 Å². The number of benzene rings is 2. The Kier molecular flexibility index (Phi) is 7.69. The van der Waals surface area contributed by atoms with Gasteiger partial charge in [-0.3, -0.25) is 19.1 Å². The van der Waals surface area contributed by atoms with E-state index in [4.69, 9.17) is 11.6 Å². The van der Waals surface area contributed by atoms with Crippen LogP contribution in [0.15, 0.2) is 94.7 Å². The molecule has 0 atom stereocenters. The van der Waals surface area contributed by atoms with Gasteiger partial charge in [-0.15, -0.1) is 21.5 Å². The zero-order chi connectivity index (χ0) is 26.5. The Morgan fingerprint density at radius 1 is 1.03 bits per heavy atom. The lowest BCUT2D eigenvalue weighted by atomic mass is 10.2. The number of thiazole rings is 1. The first kappa shape index (κ1) is 25.9. The van der Waals surface area contributed by atoms with E-state index in [2.05, 4.69) is 30.2 Å². The van der Waals surface area contributed by atoms with Crippen LogP contribution in [-0.4, -0.2) is 44.8 Å². The van der Waals surface area contributed by atoms with Gasteiger partial charge in [-0.05, 0) is 60.7 Å². The number of anilines is 2. The lowest BCUT2D eigenvalue weighted by Crippen LogP contribution is -2.15. The maximum atomic E-state index is 12.7. The van der Waals surface area contributed by atoms with Crippen LogP contribution in [0.1, 0.15) is 0 Å². The van der Waals surface area contributed by atoms with Crippen molar-refractivity contribution in [2.45, 2.75) is 10.1 Å². The number of aromatic nitrogens is 5. The highest BCUT2D eigenvalue weighted by atomic mass is 35.5. The summed E-state index contributed by atoms with van der Waals surface area (Å²) in [4.78, 5) is 20.8. The molecule has 0 fully saturated rings. The minimum atomic E-state index is -3.78. The van der Waals surface area contributed by atoms with E-state index in [0.29, 0.717) is 21.7 Å². The highest BCUT2D eigenvalue weighted by Gasteiger charge is 2.18. The molecule has 2 N–H and O–H groups in total. The first-order valence-electron chi connectivity index (χ1n) is 11.0. The number of carbonyl (C=O) groups is 1.